The van der Waals surface area contributed by atoms with E-state index in [0.29, 0.717) is 42.1 Å². The van der Waals surface area contributed by atoms with Crippen molar-refractivity contribution < 1.29 is 17.9 Å². The number of sulfonamides is 1. The van der Waals surface area contributed by atoms with E-state index in [-0.39, 0.29) is 10.7 Å². The molecule has 0 aliphatic rings. The van der Waals surface area contributed by atoms with E-state index in [9.17, 15) is 13.2 Å². The summed E-state index contributed by atoms with van der Waals surface area (Å²) in [5.74, 6) is 0.752. The van der Waals surface area contributed by atoms with Crippen LogP contribution >= 0.6 is 0 Å². The number of benzene rings is 2. The van der Waals surface area contributed by atoms with Crippen molar-refractivity contribution in [2.45, 2.75) is 44.6 Å². The number of hydrazine groups is 1. The standard InChI is InChI=1S/C24H32N6O4S/c1-15-13-21(34-5)16(2)17(3)23(15)35(32,33)28-14-27-26-12-8-9-18(25)22(31)24-29-19-10-6-7-11-20(19)30(24)4/h6-7,10-11,13-14,18,26H,8-9,12,25H2,1-5H3,(H,27,28). The van der Waals surface area contributed by atoms with Gasteiger partial charge in [0.1, 0.15) is 12.1 Å². The van der Waals surface area contributed by atoms with Crippen molar-refractivity contribution in [2.24, 2.45) is 17.2 Å². The first-order valence-electron chi connectivity index (χ1n) is 11.2. The Morgan fingerprint density at radius 2 is 1.97 bits per heavy atom. The summed E-state index contributed by atoms with van der Waals surface area (Å²) in [6.45, 7) is 5.70. The summed E-state index contributed by atoms with van der Waals surface area (Å²) < 4.78 is 36.2. The third-order valence-electron chi connectivity index (χ3n) is 5.98. The van der Waals surface area contributed by atoms with Crippen LogP contribution in [0.15, 0.2) is 39.6 Å². The van der Waals surface area contributed by atoms with Crippen molar-refractivity contribution in [3.8, 4) is 5.75 Å². The Bertz CT molecular complexity index is 1360. The number of nitrogens with one attached hydrogen (secondary N) is 2. The van der Waals surface area contributed by atoms with Crippen LogP contribution in [0.1, 0.15) is 40.2 Å². The number of rotatable bonds is 11. The number of nitrogens with two attached hydrogens (primary N) is 1. The lowest BCUT2D eigenvalue weighted by atomic mass is 10.1. The number of fused-ring (bicyclic) bond motifs is 1. The zero-order valence-electron chi connectivity index (χ0n) is 20.6. The van der Waals surface area contributed by atoms with E-state index < -0.39 is 16.1 Å². The minimum Gasteiger partial charge on any atom is -0.496 e. The predicted octanol–water partition coefficient (Wildman–Crippen LogP) is 2.31. The van der Waals surface area contributed by atoms with Crippen LogP contribution in [0.2, 0.25) is 0 Å². The van der Waals surface area contributed by atoms with Gasteiger partial charge in [0.2, 0.25) is 5.78 Å². The number of aromatic nitrogens is 2. The van der Waals surface area contributed by atoms with E-state index in [1.54, 1.807) is 38.6 Å². The van der Waals surface area contributed by atoms with E-state index in [2.05, 4.69) is 20.2 Å². The lowest BCUT2D eigenvalue weighted by Gasteiger charge is -2.14. The fourth-order valence-electron chi connectivity index (χ4n) is 3.97. The van der Waals surface area contributed by atoms with Gasteiger partial charge in [-0.1, -0.05) is 12.1 Å². The molecule has 10 nitrogen and oxygen atoms in total. The molecule has 0 aliphatic heterocycles. The molecule has 0 bridgehead atoms. The number of ketones is 1. The van der Waals surface area contributed by atoms with Crippen LogP contribution < -0.4 is 21.3 Å². The molecule has 2 aromatic carbocycles. The Kier molecular flexibility index (Phi) is 8.26. The molecule has 11 heteroatoms. The monoisotopic (exact) mass is 500 g/mol. The number of nitrogens with zero attached hydrogens (tertiary/aromatic N) is 3. The molecule has 4 N–H and O–H groups in total. The molecule has 0 radical (unpaired) electrons. The van der Waals surface area contributed by atoms with E-state index in [0.717, 1.165) is 22.9 Å². The van der Waals surface area contributed by atoms with Crippen molar-refractivity contribution in [1.82, 2.24) is 20.4 Å². The molecule has 0 fully saturated rings. The first kappa shape index (κ1) is 26.3. The first-order valence-corrected chi connectivity index (χ1v) is 12.7. The van der Waals surface area contributed by atoms with Crippen LogP contribution in [0.4, 0.5) is 0 Å². The van der Waals surface area contributed by atoms with Crippen LogP contribution in [0, 0.1) is 20.8 Å². The summed E-state index contributed by atoms with van der Waals surface area (Å²) in [7, 11) is -0.551. The first-order chi connectivity index (χ1) is 16.6. The zero-order chi connectivity index (χ0) is 25.8. The van der Waals surface area contributed by atoms with Gasteiger partial charge in [-0.2, -0.15) is 8.42 Å². The van der Waals surface area contributed by atoms with Gasteiger partial charge in [0.25, 0.3) is 10.0 Å². The molecule has 1 unspecified atom stereocenters. The topological polar surface area (TPSA) is 141 Å². The quantitative estimate of drug-likeness (QED) is 0.120. The van der Waals surface area contributed by atoms with Crippen molar-refractivity contribution in [2.75, 3.05) is 13.7 Å². The van der Waals surface area contributed by atoms with E-state index >= 15 is 0 Å². The van der Waals surface area contributed by atoms with Gasteiger partial charge in [0.15, 0.2) is 5.82 Å². The maximum absolute atomic E-state index is 12.7. The van der Waals surface area contributed by atoms with Crippen molar-refractivity contribution in [1.29, 1.82) is 0 Å². The van der Waals surface area contributed by atoms with E-state index in [1.165, 1.54) is 0 Å². The maximum atomic E-state index is 12.7. The molecule has 35 heavy (non-hydrogen) atoms. The highest BCUT2D eigenvalue weighted by Crippen LogP contribution is 2.31. The predicted molar refractivity (Wildman–Crippen MR) is 136 cm³/mol. The zero-order valence-corrected chi connectivity index (χ0v) is 21.4. The van der Waals surface area contributed by atoms with Crippen LogP contribution in [0.3, 0.4) is 0 Å². The normalized spacial score (nSPS) is 12.9. The molecule has 0 saturated carbocycles. The summed E-state index contributed by atoms with van der Waals surface area (Å²) >= 11 is 0. The Balaban J connectivity index is 1.50. The number of hydrogen-bond donors (Lipinski definition) is 3. The number of para-hydroxylation sites is 2. The molecule has 1 atom stereocenters. The molecule has 188 valence electrons. The smallest absolute Gasteiger partial charge is 0.284 e. The summed E-state index contributed by atoms with van der Waals surface area (Å²) in [5.41, 5.74) is 15.2. The summed E-state index contributed by atoms with van der Waals surface area (Å²) in [6, 6.07) is 8.52. The lowest BCUT2D eigenvalue weighted by Crippen LogP contribution is -2.35. The Hall–Kier alpha value is -3.28. The Labute approximate surface area is 205 Å². The number of carbonyl (C=O) groups is 1. The van der Waals surface area contributed by atoms with Crippen LogP contribution in [0.5, 0.6) is 5.75 Å². The van der Waals surface area contributed by atoms with Gasteiger partial charge in [0, 0.05) is 13.6 Å². The van der Waals surface area contributed by atoms with Crippen LogP contribution in [0.25, 0.3) is 11.0 Å². The average Bonchev–Trinajstić information content (AvgIpc) is 3.16. The molecular formula is C24H32N6O4S. The van der Waals surface area contributed by atoms with Gasteiger partial charge in [-0.25, -0.2) is 10.4 Å². The van der Waals surface area contributed by atoms with Crippen LogP contribution in [-0.4, -0.2) is 49.8 Å². The molecule has 0 spiro atoms. The molecule has 3 rings (SSSR count). The minimum atomic E-state index is -3.89. The fourth-order valence-corrected chi connectivity index (χ4v) is 5.27. The van der Waals surface area contributed by atoms with Gasteiger partial charge >= 0.3 is 0 Å². The second-order valence-corrected chi connectivity index (χ2v) is 9.92. The van der Waals surface area contributed by atoms with E-state index in [4.69, 9.17) is 10.5 Å². The fraction of sp³-hybridized carbons (Fsp3) is 0.375. The van der Waals surface area contributed by atoms with Gasteiger partial charge in [0.05, 0.1) is 29.1 Å². The summed E-state index contributed by atoms with van der Waals surface area (Å²) in [6.07, 6.45) is 2.12. The lowest BCUT2D eigenvalue weighted by molar-refractivity contribution is 0.0943. The van der Waals surface area contributed by atoms with E-state index in [1.807, 2.05) is 31.2 Å². The number of ether oxygens (including phenoxy) is 1. The van der Waals surface area contributed by atoms with Crippen molar-refractivity contribution in [3.05, 3.63) is 52.8 Å². The van der Waals surface area contributed by atoms with Crippen molar-refractivity contribution >= 4 is 33.2 Å². The number of carbonyl (C=O) groups excluding carboxylic acids is 1. The van der Waals surface area contributed by atoms with Gasteiger partial charge < -0.3 is 20.5 Å². The Morgan fingerprint density at radius 3 is 2.66 bits per heavy atom. The minimum absolute atomic E-state index is 0.167. The molecule has 1 aromatic heterocycles. The molecule has 0 saturated heterocycles. The molecule has 1 heterocycles. The van der Waals surface area contributed by atoms with Gasteiger partial charge in [-0.3, -0.25) is 4.79 Å². The van der Waals surface area contributed by atoms with Gasteiger partial charge in [-0.05, 0) is 68.5 Å². The number of methoxy groups -OCH3 is 1. The molecular weight excluding hydrogens is 468 g/mol. The average molecular weight is 501 g/mol. The summed E-state index contributed by atoms with van der Waals surface area (Å²) in [4.78, 5) is 17.3. The highest BCUT2D eigenvalue weighted by Gasteiger charge is 2.22. The molecule has 0 aliphatic carbocycles. The molecule has 0 amide bonds. The molecule has 3 aromatic rings. The second kappa shape index (κ2) is 11.0. The SMILES string of the molecule is COc1cc(C)c(S(=O)(=O)N=CNNCCCC(N)C(=O)c2nc3ccccc3n2C)c(C)c1C. The maximum Gasteiger partial charge on any atom is 0.284 e. The highest BCUT2D eigenvalue weighted by molar-refractivity contribution is 7.90. The third-order valence-corrected chi connectivity index (χ3v) is 7.50. The second-order valence-electron chi connectivity index (χ2n) is 8.35. The number of aryl methyl sites for hydroxylation is 2. The van der Waals surface area contributed by atoms with Gasteiger partial charge in [-0.15, -0.1) is 4.40 Å². The highest BCUT2D eigenvalue weighted by atomic mass is 32.2. The number of imidazole rings is 1. The third kappa shape index (κ3) is 5.69. The largest absolute Gasteiger partial charge is 0.496 e. The Morgan fingerprint density at radius 1 is 1.26 bits per heavy atom. The summed E-state index contributed by atoms with van der Waals surface area (Å²) in [5, 5.41) is 0. The number of hydrogen-bond acceptors (Lipinski definition) is 7. The van der Waals surface area contributed by atoms with Crippen molar-refractivity contribution in [3.63, 3.8) is 0 Å². The number of Topliss-reactive ketones (excluding diaryl/α,β-unsaturated/α-hetero) is 1. The van der Waals surface area contributed by atoms with Crippen LogP contribution in [-0.2, 0) is 17.1 Å².